The van der Waals surface area contributed by atoms with Gasteiger partial charge in [0, 0.05) is 22.4 Å². The number of nitrogens with one attached hydrogen (secondary N) is 2. The molecule has 0 fully saturated rings. The second-order valence-corrected chi connectivity index (χ2v) is 8.58. The Morgan fingerprint density at radius 1 is 1.18 bits per heavy atom. The van der Waals surface area contributed by atoms with E-state index in [0.717, 1.165) is 21.9 Å². The van der Waals surface area contributed by atoms with E-state index < -0.39 is 0 Å². The van der Waals surface area contributed by atoms with Gasteiger partial charge in [-0.2, -0.15) is 0 Å². The maximum Gasteiger partial charge on any atom is 0.282 e. The number of carbonyl (C=O) groups is 2. The van der Waals surface area contributed by atoms with E-state index in [2.05, 4.69) is 18.3 Å². The number of quaternary nitrogens is 1. The van der Waals surface area contributed by atoms with Gasteiger partial charge < -0.3 is 15.1 Å². The molecule has 2 aromatic rings. The number of amides is 2. The van der Waals surface area contributed by atoms with Gasteiger partial charge in [-0.15, -0.1) is 11.8 Å². The second-order valence-electron chi connectivity index (χ2n) is 7.10. The normalized spacial score (nSPS) is 17.4. The molecule has 0 saturated carbocycles. The third kappa shape index (κ3) is 5.33. The van der Waals surface area contributed by atoms with Gasteiger partial charge in [-0.1, -0.05) is 19.1 Å². The van der Waals surface area contributed by atoms with E-state index in [1.54, 1.807) is 11.8 Å². The molecule has 2 atom stereocenters. The molecule has 2 aromatic carbocycles. The zero-order valence-electron chi connectivity index (χ0n) is 16.1. The van der Waals surface area contributed by atoms with Gasteiger partial charge in [-0.3, -0.25) is 9.59 Å². The zero-order chi connectivity index (χ0) is 20.1. The van der Waals surface area contributed by atoms with Crippen LogP contribution in [-0.4, -0.2) is 43.7 Å². The van der Waals surface area contributed by atoms with Gasteiger partial charge in [0.2, 0.25) is 0 Å². The lowest BCUT2D eigenvalue weighted by atomic mass is 10.2. The van der Waals surface area contributed by atoms with Crippen molar-refractivity contribution < 1.29 is 18.9 Å². The number of fused-ring (bicyclic) bond motifs is 1. The topological polar surface area (TPSA) is 53.9 Å². The van der Waals surface area contributed by atoms with Gasteiger partial charge in [-0.25, -0.2) is 4.39 Å². The molecule has 1 unspecified atom stereocenters. The van der Waals surface area contributed by atoms with Gasteiger partial charge in [0.25, 0.3) is 11.8 Å². The highest BCUT2D eigenvalue weighted by Gasteiger charge is 2.26. The minimum absolute atomic E-state index is 0.00855. The Morgan fingerprint density at radius 2 is 1.89 bits per heavy atom. The van der Waals surface area contributed by atoms with E-state index in [1.165, 1.54) is 24.3 Å². The summed E-state index contributed by atoms with van der Waals surface area (Å²) in [4.78, 5) is 28.9. The quantitative estimate of drug-likeness (QED) is 0.806. The minimum Gasteiger partial charge on any atom is -0.322 e. The predicted octanol–water partition coefficient (Wildman–Crippen LogP) is 2.20. The van der Waals surface area contributed by atoms with Crippen LogP contribution in [0, 0.1) is 5.82 Å². The maximum atomic E-state index is 13.0. The molecule has 7 heteroatoms. The summed E-state index contributed by atoms with van der Waals surface area (Å²) in [5.74, 6) is -0.553. The molecule has 0 radical (unpaired) electrons. The monoisotopic (exact) mass is 402 g/mol. The first-order chi connectivity index (χ1) is 13.4. The molecule has 28 heavy (non-hydrogen) atoms. The lowest BCUT2D eigenvalue weighted by Gasteiger charge is -2.24. The molecule has 1 aliphatic rings. The van der Waals surface area contributed by atoms with Crippen molar-refractivity contribution in [3.8, 4) is 0 Å². The van der Waals surface area contributed by atoms with Gasteiger partial charge in [-0.05, 0) is 42.8 Å². The maximum absolute atomic E-state index is 13.0. The molecule has 2 N–H and O–H groups in total. The first-order valence-corrected chi connectivity index (χ1v) is 10.2. The third-order valence-corrected chi connectivity index (χ3v) is 5.83. The molecule has 148 valence electrons. The van der Waals surface area contributed by atoms with E-state index in [-0.39, 0.29) is 30.7 Å². The number of anilines is 2. The van der Waals surface area contributed by atoms with E-state index in [9.17, 15) is 14.0 Å². The molecule has 0 spiro atoms. The summed E-state index contributed by atoms with van der Waals surface area (Å²) in [7, 11) is 1.82. The number of hydrogen-bond donors (Lipinski definition) is 2. The average Bonchev–Trinajstić information content (AvgIpc) is 2.81. The van der Waals surface area contributed by atoms with Crippen molar-refractivity contribution in [2.75, 3.05) is 36.9 Å². The van der Waals surface area contributed by atoms with Crippen molar-refractivity contribution in [3.05, 3.63) is 54.3 Å². The second kappa shape index (κ2) is 9.21. The Balaban J connectivity index is 1.59. The lowest BCUT2D eigenvalue weighted by molar-refractivity contribution is -0.862. The fraction of sp³-hybridized carbons (Fsp3) is 0.333. The van der Waals surface area contributed by atoms with Gasteiger partial charge in [0.1, 0.15) is 5.82 Å². The van der Waals surface area contributed by atoms with Crippen LogP contribution in [0.1, 0.15) is 13.3 Å². The Hall–Kier alpha value is -2.38. The number of likely N-dealkylation sites (N-methyl/N-ethyl adjacent to an activating group) is 1. The van der Waals surface area contributed by atoms with Gasteiger partial charge >= 0.3 is 0 Å². The highest BCUT2D eigenvalue weighted by atomic mass is 32.2. The molecule has 0 saturated heterocycles. The Kier molecular flexibility index (Phi) is 6.70. The molecule has 0 bridgehead atoms. The van der Waals surface area contributed by atoms with Crippen LogP contribution in [0.5, 0.6) is 0 Å². The van der Waals surface area contributed by atoms with Crippen LogP contribution in [0.15, 0.2) is 53.4 Å². The Bertz CT molecular complexity index is 844. The Labute approximate surface area is 168 Å². The van der Waals surface area contributed by atoms with E-state index in [1.807, 2.05) is 30.1 Å². The van der Waals surface area contributed by atoms with Crippen molar-refractivity contribution in [1.82, 2.24) is 0 Å². The van der Waals surface area contributed by atoms with E-state index >= 15 is 0 Å². The Morgan fingerprint density at radius 3 is 2.64 bits per heavy atom. The van der Waals surface area contributed by atoms with Gasteiger partial charge in [0.05, 0.1) is 12.7 Å². The molecule has 1 heterocycles. The number of hydrogen-bond acceptors (Lipinski definition) is 3. The van der Waals surface area contributed by atoms with E-state index in [4.69, 9.17) is 0 Å². The summed E-state index contributed by atoms with van der Waals surface area (Å²) < 4.78 is 13.0. The van der Waals surface area contributed by atoms with E-state index in [0.29, 0.717) is 17.5 Å². The number of carbonyl (C=O) groups excluding carboxylic acids is 2. The first-order valence-electron chi connectivity index (χ1n) is 9.35. The summed E-state index contributed by atoms with van der Waals surface area (Å²) in [6.45, 7) is 3.24. The van der Waals surface area contributed by atoms with Gasteiger partial charge in [0.15, 0.2) is 13.1 Å². The van der Waals surface area contributed by atoms with Crippen molar-refractivity contribution in [2.24, 2.45) is 0 Å². The molecular formula is C21H25FN3O2S+. The molecule has 0 aliphatic carbocycles. The van der Waals surface area contributed by atoms with Crippen molar-refractivity contribution >= 4 is 35.0 Å². The fourth-order valence-electron chi connectivity index (χ4n) is 3.17. The van der Waals surface area contributed by atoms with Crippen LogP contribution in [0.25, 0.3) is 0 Å². The fourth-order valence-corrected chi connectivity index (χ4v) is 4.29. The van der Waals surface area contributed by atoms with Crippen LogP contribution >= 0.6 is 11.8 Å². The largest absolute Gasteiger partial charge is 0.322 e. The highest BCUT2D eigenvalue weighted by Crippen LogP contribution is 2.37. The number of nitrogens with zero attached hydrogens (tertiary/aromatic N) is 1. The molecule has 1 aliphatic heterocycles. The number of thioether (sulfide) groups is 1. The van der Waals surface area contributed by atoms with Crippen LogP contribution in [0.3, 0.4) is 0 Å². The first kappa shape index (κ1) is 20.4. The predicted molar refractivity (Wildman–Crippen MR) is 110 cm³/mol. The molecule has 2 amide bonds. The smallest absolute Gasteiger partial charge is 0.282 e. The minimum atomic E-state index is -0.350. The SMILES string of the molecule is C[C@H]1CCN(C(=O)C[NH+](C)CC(=O)Nc2ccc(F)cc2)c2ccccc2S1. The van der Waals surface area contributed by atoms with Crippen molar-refractivity contribution in [1.29, 1.82) is 0 Å². The summed E-state index contributed by atoms with van der Waals surface area (Å²) >= 11 is 1.79. The van der Waals surface area contributed by atoms with Crippen LogP contribution in [0.4, 0.5) is 15.8 Å². The van der Waals surface area contributed by atoms with Crippen molar-refractivity contribution in [3.63, 3.8) is 0 Å². The van der Waals surface area contributed by atoms with Crippen molar-refractivity contribution in [2.45, 2.75) is 23.5 Å². The highest BCUT2D eigenvalue weighted by molar-refractivity contribution is 8.00. The number of halogens is 1. The average molecular weight is 403 g/mol. The van der Waals surface area contributed by atoms with Crippen LogP contribution in [0.2, 0.25) is 0 Å². The summed E-state index contributed by atoms with van der Waals surface area (Å²) in [6.07, 6.45) is 0.926. The standard InChI is InChI=1S/C21H24FN3O2S/c1-15-11-12-25(18-5-3-4-6-19(18)28-15)21(27)14-24(2)13-20(26)23-17-9-7-16(22)8-10-17/h3-10,15H,11-14H2,1-2H3,(H,23,26)/p+1/t15-/m0/s1. The number of rotatable bonds is 5. The summed E-state index contributed by atoms with van der Waals surface area (Å²) in [5.41, 5.74) is 1.49. The lowest BCUT2D eigenvalue weighted by Crippen LogP contribution is -3.11. The molecule has 3 rings (SSSR count). The zero-order valence-corrected chi connectivity index (χ0v) is 16.9. The summed E-state index contributed by atoms with van der Waals surface area (Å²) in [5, 5.41) is 3.18. The van der Waals surface area contributed by atoms with Crippen LogP contribution in [-0.2, 0) is 9.59 Å². The molecule has 0 aromatic heterocycles. The third-order valence-electron chi connectivity index (χ3n) is 4.59. The number of benzene rings is 2. The van der Waals surface area contributed by atoms with Crippen LogP contribution < -0.4 is 15.1 Å². The summed E-state index contributed by atoms with van der Waals surface area (Å²) in [6, 6.07) is 13.6. The molecule has 5 nitrogen and oxygen atoms in total. The molecular weight excluding hydrogens is 377 g/mol. The number of para-hydroxylation sites is 1.